The van der Waals surface area contributed by atoms with E-state index in [0.29, 0.717) is 24.3 Å². The molecule has 144 valence electrons. The Bertz CT molecular complexity index is 1050. The molecular weight excluding hydrogens is 376 g/mol. The van der Waals surface area contributed by atoms with Crippen LogP contribution in [0.5, 0.6) is 0 Å². The van der Waals surface area contributed by atoms with Gasteiger partial charge in [0.1, 0.15) is 5.69 Å². The summed E-state index contributed by atoms with van der Waals surface area (Å²) >= 11 is 0. The number of anilines is 2. The van der Waals surface area contributed by atoms with Crippen molar-refractivity contribution in [3.63, 3.8) is 0 Å². The van der Waals surface area contributed by atoms with Gasteiger partial charge in [0.25, 0.3) is 5.91 Å². The van der Waals surface area contributed by atoms with Gasteiger partial charge >= 0.3 is 0 Å². The molecule has 3 rings (SSSR count). The highest BCUT2D eigenvalue weighted by Gasteiger charge is 2.09. The molecule has 0 aliphatic heterocycles. The van der Waals surface area contributed by atoms with Crippen LogP contribution in [0.25, 0.3) is 0 Å². The number of carbonyl (C=O) groups is 1. The molecule has 1 heterocycles. The number of nitrogens with one attached hydrogen (secondary N) is 2. The van der Waals surface area contributed by atoms with Crippen LogP contribution in [0, 0.1) is 0 Å². The van der Waals surface area contributed by atoms with Gasteiger partial charge in [-0.2, -0.15) is 0 Å². The summed E-state index contributed by atoms with van der Waals surface area (Å²) in [5.74, 6) is -0.284. The van der Waals surface area contributed by atoms with Gasteiger partial charge in [-0.1, -0.05) is 30.3 Å². The summed E-state index contributed by atoms with van der Waals surface area (Å²) in [6.07, 6.45) is 2.25. The molecule has 7 nitrogen and oxygen atoms in total. The number of benzene rings is 2. The predicted octanol–water partition coefficient (Wildman–Crippen LogP) is 2.64. The van der Waals surface area contributed by atoms with Gasteiger partial charge in [-0.05, 0) is 48.4 Å². The van der Waals surface area contributed by atoms with Crippen molar-refractivity contribution in [1.82, 2.24) is 4.98 Å². The lowest BCUT2D eigenvalue weighted by atomic mass is 10.1. The lowest BCUT2D eigenvalue weighted by molar-refractivity contribution is 0.102. The maximum absolute atomic E-state index is 12.3. The standard InChI is InChI=1S/C20H20N4O3S/c21-28(26,27)18-8-6-15(7-9-18)10-12-22-17-11-13-23-19(14-17)20(25)24-16-4-2-1-3-5-16/h1-9,11,13-14H,10,12H2,(H,22,23)(H,24,25)(H2,21,26,27). The summed E-state index contributed by atoms with van der Waals surface area (Å²) in [5, 5.41) is 11.1. The molecule has 1 amide bonds. The molecule has 0 bridgehead atoms. The van der Waals surface area contributed by atoms with Crippen LogP contribution >= 0.6 is 0 Å². The number of hydrogen-bond donors (Lipinski definition) is 3. The Morgan fingerprint density at radius 1 is 0.964 bits per heavy atom. The summed E-state index contributed by atoms with van der Waals surface area (Å²) in [7, 11) is -3.68. The molecule has 0 aliphatic rings. The lowest BCUT2D eigenvalue weighted by Gasteiger charge is -2.09. The molecule has 4 N–H and O–H groups in total. The van der Waals surface area contributed by atoms with Crippen LogP contribution in [-0.2, 0) is 16.4 Å². The van der Waals surface area contributed by atoms with Crippen molar-refractivity contribution in [2.75, 3.05) is 17.2 Å². The van der Waals surface area contributed by atoms with Gasteiger partial charge in [-0.3, -0.25) is 9.78 Å². The largest absolute Gasteiger partial charge is 0.385 e. The van der Waals surface area contributed by atoms with E-state index in [1.165, 1.54) is 12.1 Å². The molecule has 28 heavy (non-hydrogen) atoms. The second-order valence-corrected chi connectivity index (χ2v) is 7.68. The molecule has 0 radical (unpaired) electrons. The Balaban J connectivity index is 1.56. The highest BCUT2D eigenvalue weighted by atomic mass is 32.2. The zero-order valence-corrected chi connectivity index (χ0v) is 15.8. The average molecular weight is 396 g/mol. The number of nitrogens with two attached hydrogens (primary N) is 1. The predicted molar refractivity (Wildman–Crippen MR) is 109 cm³/mol. The first-order valence-electron chi connectivity index (χ1n) is 8.60. The fraction of sp³-hybridized carbons (Fsp3) is 0.100. The van der Waals surface area contributed by atoms with E-state index in [9.17, 15) is 13.2 Å². The van der Waals surface area contributed by atoms with Gasteiger partial charge in [0, 0.05) is 24.1 Å². The molecular formula is C20H20N4O3S. The van der Waals surface area contributed by atoms with Crippen molar-refractivity contribution < 1.29 is 13.2 Å². The number of hydrogen-bond acceptors (Lipinski definition) is 5. The molecule has 0 fully saturated rings. The van der Waals surface area contributed by atoms with E-state index < -0.39 is 10.0 Å². The molecule has 0 aliphatic carbocycles. The monoisotopic (exact) mass is 396 g/mol. The van der Waals surface area contributed by atoms with Gasteiger partial charge in [0.15, 0.2) is 0 Å². The molecule has 3 aromatic rings. The van der Waals surface area contributed by atoms with Crippen LogP contribution in [0.2, 0.25) is 0 Å². The van der Waals surface area contributed by atoms with Crippen LogP contribution < -0.4 is 15.8 Å². The number of rotatable bonds is 7. The van der Waals surface area contributed by atoms with E-state index in [4.69, 9.17) is 5.14 Å². The quantitative estimate of drug-likeness (QED) is 0.568. The maximum atomic E-state index is 12.3. The number of primary sulfonamides is 1. The number of carbonyl (C=O) groups excluding carboxylic acids is 1. The fourth-order valence-electron chi connectivity index (χ4n) is 2.58. The van der Waals surface area contributed by atoms with Crippen LogP contribution in [0.3, 0.4) is 0 Å². The maximum Gasteiger partial charge on any atom is 0.274 e. The fourth-order valence-corrected chi connectivity index (χ4v) is 3.09. The number of para-hydroxylation sites is 1. The Morgan fingerprint density at radius 2 is 1.68 bits per heavy atom. The third-order valence-electron chi connectivity index (χ3n) is 4.02. The van der Waals surface area contributed by atoms with E-state index in [-0.39, 0.29) is 10.8 Å². The van der Waals surface area contributed by atoms with Crippen molar-refractivity contribution >= 4 is 27.3 Å². The van der Waals surface area contributed by atoms with E-state index in [0.717, 1.165) is 11.3 Å². The summed E-state index contributed by atoms with van der Waals surface area (Å²) in [6, 6.07) is 19.1. The van der Waals surface area contributed by atoms with Gasteiger partial charge in [0.05, 0.1) is 4.90 Å². The first kappa shape index (κ1) is 19.5. The highest BCUT2D eigenvalue weighted by molar-refractivity contribution is 7.89. The van der Waals surface area contributed by atoms with Crippen molar-refractivity contribution in [2.24, 2.45) is 5.14 Å². The summed E-state index contributed by atoms with van der Waals surface area (Å²) in [4.78, 5) is 16.5. The molecule has 0 saturated carbocycles. The Kier molecular flexibility index (Phi) is 6.03. The van der Waals surface area contributed by atoms with Crippen molar-refractivity contribution in [3.8, 4) is 0 Å². The highest BCUT2D eigenvalue weighted by Crippen LogP contribution is 2.13. The Morgan fingerprint density at radius 3 is 2.36 bits per heavy atom. The zero-order chi connectivity index (χ0) is 20.0. The van der Waals surface area contributed by atoms with Crippen LogP contribution in [0.1, 0.15) is 16.1 Å². The van der Waals surface area contributed by atoms with Gasteiger partial charge in [-0.25, -0.2) is 13.6 Å². The number of aromatic nitrogens is 1. The average Bonchev–Trinajstić information content (AvgIpc) is 2.69. The lowest BCUT2D eigenvalue weighted by Crippen LogP contribution is -2.14. The van der Waals surface area contributed by atoms with E-state index in [1.807, 2.05) is 18.2 Å². The molecule has 0 unspecified atom stereocenters. The molecule has 0 atom stereocenters. The molecule has 2 aromatic carbocycles. The number of sulfonamides is 1. The normalized spacial score (nSPS) is 11.0. The molecule has 0 spiro atoms. The first-order chi connectivity index (χ1) is 13.4. The van der Waals surface area contributed by atoms with Crippen LogP contribution in [0.4, 0.5) is 11.4 Å². The Hall–Kier alpha value is -3.23. The van der Waals surface area contributed by atoms with Gasteiger partial charge < -0.3 is 10.6 Å². The minimum absolute atomic E-state index is 0.0902. The topological polar surface area (TPSA) is 114 Å². The van der Waals surface area contributed by atoms with E-state index >= 15 is 0 Å². The van der Waals surface area contributed by atoms with E-state index in [2.05, 4.69) is 15.6 Å². The molecule has 0 saturated heterocycles. The second-order valence-electron chi connectivity index (χ2n) is 6.12. The third-order valence-corrected chi connectivity index (χ3v) is 4.95. The zero-order valence-electron chi connectivity index (χ0n) is 15.0. The molecule has 8 heteroatoms. The minimum Gasteiger partial charge on any atom is -0.385 e. The smallest absolute Gasteiger partial charge is 0.274 e. The van der Waals surface area contributed by atoms with Gasteiger partial charge in [-0.15, -0.1) is 0 Å². The summed E-state index contributed by atoms with van der Waals surface area (Å²) in [6.45, 7) is 0.610. The van der Waals surface area contributed by atoms with E-state index in [1.54, 1.807) is 42.6 Å². The van der Waals surface area contributed by atoms with Crippen molar-refractivity contribution in [1.29, 1.82) is 0 Å². The SMILES string of the molecule is NS(=O)(=O)c1ccc(CCNc2ccnc(C(=O)Nc3ccccc3)c2)cc1. The second kappa shape index (κ2) is 8.64. The van der Waals surface area contributed by atoms with Crippen molar-refractivity contribution in [2.45, 2.75) is 11.3 Å². The van der Waals surface area contributed by atoms with Crippen LogP contribution in [-0.4, -0.2) is 25.9 Å². The van der Waals surface area contributed by atoms with Crippen LogP contribution in [0.15, 0.2) is 77.8 Å². The molecule has 1 aromatic heterocycles. The number of nitrogens with zero attached hydrogens (tertiary/aromatic N) is 1. The summed E-state index contributed by atoms with van der Waals surface area (Å²) in [5.41, 5.74) is 2.76. The Labute approximate surface area is 163 Å². The minimum atomic E-state index is -3.68. The van der Waals surface area contributed by atoms with Gasteiger partial charge in [0.2, 0.25) is 10.0 Å². The van der Waals surface area contributed by atoms with Crippen molar-refractivity contribution in [3.05, 3.63) is 84.2 Å². The number of amides is 1. The first-order valence-corrected chi connectivity index (χ1v) is 10.1. The summed E-state index contributed by atoms with van der Waals surface area (Å²) < 4.78 is 22.5. The third kappa shape index (κ3) is 5.38. The number of pyridine rings is 1.